The Labute approximate surface area is 95.8 Å². The number of benzene rings is 1. The molecule has 0 saturated heterocycles. The molecule has 3 nitrogen and oxygen atoms in total. The van der Waals surface area contributed by atoms with E-state index >= 15 is 0 Å². The third-order valence-corrected chi connectivity index (χ3v) is 2.25. The molecule has 0 aliphatic rings. The van der Waals surface area contributed by atoms with Crippen LogP contribution in [0.25, 0.3) is 0 Å². The van der Waals surface area contributed by atoms with Crippen LogP contribution in [0.2, 0.25) is 0 Å². The van der Waals surface area contributed by atoms with Crippen molar-refractivity contribution in [3.8, 4) is 0 Å². The summed E-state index contributed by atoms with van der Waals surface area (Å²) >= 11 is 0. The summed E-state index contributed by atoms with van der Waals surface area (Å²) in [5.41, 5.74) is 6.55. The van der Waals surface area contributed by atoms with Gasteiger partial charge in [0.1, 0.15) is 5.82 Å². The number of nitrogen functional groups attached to an aromatic ring is 1. The average Bonchev–Trinajstić information content (AvgIpc) is 2.16. The Kier molecular flexibility index (Phi) is 4.12. The highest BCUT2D eigenvalue weighted by molar-refractivity contribution is 5.65. The van der Waals surface area contributed by atoms with Crippen molar-refractivity contribution in [2.45, 2.75) is 26.4 Å². The smallest absolute Gasteiger partial charge is 0.125 e. The van der Waals surface area contributed by atoms with Crippen molar-refractivity contribution >= 4 is 11.4 Å². The van der Waals surface area contributed by atoms with Gasteiger partial charge in [-0.1, -0.05) is 0 Å². The highest BCUT2D eigenvalue weighted by Crippen LogP contribution is 2.20. The molecule has 4 heteroatoms. The molecule has 0 amide bonds. The van der Waals surface area contributed by atoms with Crippen LogP contribution in [0.1, 0.15) is 20.8 Å². The zero-order valence-electron chi connectivity index (χ0n) is 10.0. The van der Waals surface area contributed by atoms with Gasteiger partial charge >= 0.3 is 0 Å². The summed E-state index contributed by atoms with van der Waals surface area (Å²) in [6.07, 6.45) is 0. The van der Waals surface area contributed by atoms with E-state index in [1.165, 1.54) is 12.1 Å². The van der Waals surface area contributed by atoms with Gasteiger partial charge in [0.2, 0.25) is 0 Å². The molecule has 90 valence electrons. The maximum atomic E-state index is 12.8. The largest absolute Gasteiger partial charge is 0.397 e. The monoisotopic (exact) mass is 226 g/mol. The highest BCUT2D eigenvalue weighted by Gasteiger charge is 2.17. The Morgan fingerprint density at radius 3 is 2.69 bits per heavy atom. The van der Waals surface area contributed by atoms with Crippen molar-refractivity contribution in [2.75, 3.05) is 24.2 Å². The third kappa shape index (κ3) is 3.70. The highest BCUT2D eigenvalue weighted by atomic mass is 19.1. The van der Waals surface area contributed by atoms with Gasteiger partial charge in [0, 0.05) is 13.2 Å². The number of hydrogen-bond acceptors (Lipinski definition) is 3. The quantitative estimate of drug-likeness (QED) is 0.759. The molecule has 1 aromatic carbocycles. The minimum Gasteiger partial charge on any atom is -0.397 e. The lowest BCUT2D eigenvalue weighted by molar-refractivity contribution is 0.000710. The van der Waals surface area contributed by atoms with Crippen molar-refractivity contribution in [1.29, 1.82) is 0 Å². The van der Waals surface area contributed by atoms with Crippen LogP contribution >= 0.6 is 0 Å². The Balaban J connectivity index is 2.61. The molecule has 0 unspecified atom stereocenters. The second-order valence-electron chi connectivity index (χ2n) is 4.28. The molecule has 0 fully saturated rings. The van der Waals surface area contributed by atoms with Crippen molar-refractivity contribution in [3.63, 3.8) is 0 Å². The molecule has 0 aliphatic heterocycles. The summed E-state index contributed by atoms with van der Waals surface area (Å²) in [5, 5.41) is 3.15. The maximum Gasteiger partial charge on any atom is 0.125 e. The molecule has 0 spiro atoms. The number of hydrogen-bond donors (Lipinski definition) is 2. The number of halogens is 1. The first-order valence-electron chi connectivity index (χ1n) is 5.37. The summed E-state index contributed by atoms with van der Waals surface area (Å²) in [6.45, 7) is 7.21. The predicted octanol–water partition coefficient (Wildman–Crippen LogP) is 2.63. The van der Waals surface area contributed by atoms with E-state index in [0.29, 0.717) is 18.8 Å². The van der Waals surface area contributed by atoms with Gasteiger partial charge in [0.25, 0.3) is 0 Å². The number of nitrogens with two attached hydrogens (primary N) is 1. The average molecular weight is 226 g/mol. The van der Waals surface area contributed by atoms with E-state index in [0.717, 1.165) is 5.69 Å². The lowest BCUT2D eigenvalue weighted by Crippen LogP contribution is -2.33. The molecule has 0 heterocycles. The molecule has 0 saturated carbocycles. The van der Waals surface area contributed by atoms with E-state index in [1.54, 1.807) is 6.07 Å². The van der Waals surface area contributed by atoms with Gasteiger partial charge < -0.3 is 15.8 Å². The van der Waals surface area contributed by atoms with Crippen molar-refractivity contribution in [3.05, 3.63) is 24.0 Å². The second-order valence-corrected chi connectivity index (χ2v) is 4.28. The van der Waals surface area contributed by atoms with Crippen LogP contribution in [-0.2, 0) is 4.74 Å². The van der Waals surface area contributed by atoms with Gasteiger partial charge in [0.15, 0.2) is 0 Å². The van der Waals surface area contributed by atoms with Gasteiger partial charge in [-0.05, 0) is 39.0 Å². The van der Waals surface area contributed by atoms with Gasteiger partial charge in [-0.15, -0.1) is 0 Å². The van der Waals surface area contributed by atoms with Gasteiger partial charge in [-0.3, -0.25) is 0 Å². The Morgan fingerprint density at radius 2 is 2.12 bits per heavy atom. The lowest BCUT2D eigenvalue weighted by Gasteiger charge is -2.25. The van der Waals surface area contributed by atoms with Crippen molar-refractivity contribution < 1.29 is 9.13 Å². The van der Waals surface area contributed by atoms with Crippen LogP contribution in [0.3, 0.4) is 0 Å². The molecule has 1 rings (SSSR count). The molecule has 16 heavy (non-hydrogen) atoms. The Bertz CT molecular complexity index is 353. The van der Waals surface area contributed by atoms with E-state index in [2.05, 4.69) is 5.32 Å². The third-order valence-electron chi connectivity index (χ3n) is 2.25. The molecule has 0 radical (unpaired) electrons. The van der Waals surface area contributed by atoms with E-state index in [4.69, 9.17) is 10.5 Å². The molecule has 0 bridgehead atoms. The molecular formula is C12H19FN2O. The van der Waals surface area contributed by atoms with Crippen LogP contribution in [0.4, 0.5) is 15.8 Å². The fourth-order valence-electron chi connectivity index (χ4n) is 1.44. The minimum atomic E-state index is -0.327. The van der Waals surface area contributed by atoms with Crippen LogP contribution in [0.15, 0.2) is 18.2 Å². The van der Waals surface area contributed by atoms with E-state index in [9.17, 15) is 4.39 Å². The molecular weight excluding hydrogens is 207 g/mol. The van der Waals surface area contributed by atoms with E-state index < -0.39 is 0 Å². The van der Waals surface area contributed by atoms with E-state index in [1.807, 2.05) is 20.8 Å². The first kappa shape index (κ1) is 12.8. The normalized spacial score (nSPS) is 11.5. The molecule has 1 aromatic rings. The first-order valence-corrected chi connectivity index (χ1v) is 5.37. The number of ether oxygens (including phenoxy) is 1. The summed E-state index contributed by atoms with van der Waals surface area (Å²) in [6, 6.07) is 4.31. The van der Waals surface area contributed by atoms with Crippen molar-refractivity contribution in [1.82, 2.24) is 0 Å². The summed E-state index contributed by atoms with van der Waals surface area (Å²) in [4.78, 5) is 0. The summed E-state index contributed by atoms with van der Waals surface area (Å²) in [7, 11) is 0. The Hall–Kier alpha value is -1.29. The van der Waals surface area contributed by atoms with Crippen LogP contribution in [-0.4, -0.2) is 18.8 Å². The fraction of sp³-hybridized carbons (Fsp3) is 0.500. The number of nitrogens with one attached hydrogen (secondary N) is 1. The first-order chi connectivity index (χ1) is 7.44. The van der Waals surface area contributed by atoms with Gasteiger partial charge in [-0.2, -0.15) is 0 Å². The van der Waals surface area contributed by atoms with E-state index in [-0.39, 0.29) is 11.4 Å². The maximum absolute atomic E-state index is 12.8. The SMILES string of the molecule is CCOC(C)(C)CNc1ccc(F)cc1N. The molecule has 0 aliphatic carbocycles. The second kappa shape index (κ2) is 5.16. The van der Waals surface area contributed by atoms with Crippen LogP contribution < -0.4 is 11.1 Å². The van der Waals surface area contributed by atoms with Gasteiger partial charge in [0.05, 0.1) is 17.0 Å². The molecule has 0 aromatic heterocycles. The summed E-state index contributed by atoms with van der Waals surface area (Å²) < 4.78 is 18.3. The zero-order chi connectivity index (χ0) is 12.2. The molecule has 0 atom stereocenters. The predicted molar refractivity (Wildman–Crippen MR) is 65.0 cm³/mol. The number of rotatable bonds is 5. The topological polar surface area (TPSA) is 47.3 Å². The van der Waals surface area contributed by atoms with Crippen LogP contribution in [0, 0.1) is 5.82 Å². The number of anilines is 2. The minimum absolute atomic E-state index is 0.268. The van der Waals surface area contributed by atoms with Gasteiger partial charge in [-0.25, -0.2) is 4.39 Å². The lowest BCUT2D eigenvalue weighted by atomic mass is 10.1. The Morgan fingerprint density at radius 1 is 1.44 bits per heavy atom. The standard InChI is InChI=1S/C12H19FN2O/c1-4-16-12(2,3)8-15-11-6-5-9(13)7-10(11)14/h5-7,15H,4,8,14H2,1-3H3. The van der Waals surface area contributed by atoms with Crippen molar-refractivity contribution in [2.24, 2.45) is 0 Å². The zero-order valence-corrected chi connectivity index (χ0v) is 10.0. The fourth-order valence-corrected chi connectivity index (χ4v) is 1.44. The molecule has 3 N–H and O–H groups in total. The summed E-state index contributed by atoms with van der Waals surface area (Å²) in [5.74, 6) is -0.327. The van der Waals surface area contributed by atoms with Crippen LogP contribution in [0.5, 0.6) is 0 Å².